The summed E-state index contributed by atoms with van der Waals surface area (Å²) in [6.45, 7) is 3.60. The van der Waals surface area contributed by atoms with Crippen molar-refractivity contribution in [2.24, 2.45) is 0 Å². The minimum Gasteiger partial charge on any atom is -0.377 e. The van der Waals surface area contributed by atoms with Crippen LogP contribution in [-0.2, 0) is 17.1 Å². The van der Waals surface area contributed by atoms with Crippen LogP contribution in [0.4, 0.5) is 26.3 Å². The molecular formula is C19H20F6N2O. The molecule has 2 aromatic rings. The quantitative estimate of drug-likeness (QED) is 0.668. The molecule has 1 heterocycles. The third-order valence-corrected chi connectivity index (χ3v) is 4.27. The molecule has 0 fully saturated rings. The molecule has 0 bridgehead atoms. The van der Waals surface area contributed by atoms with Gasteiger partial charge in [0.2, 0.25) is 0 Å². The van der Waals surface area contributed by atoms with Crippen molar-refractivity contribution in [3.8, 4) is 0 Å². The van der Waals surface area contributed by atoms with Crippen LogP contribution >= 0.6 is 0 Å². The van der Waals surface area contributed by atoms with Crippen LogP contribution in [0.1, 0.15) is 42.3 Å². The van der Waals surface area contributed by atoms with Gasteiger partial charge in [0.25, 0.3) is 0 Å². The number of halogens is 6. The first-order valence-electron chi connectivity index (χ1n) is 8.33. The van der Waals surface area contributed by atoms with Gasteiger partial charge in [-0.1, -0.05) is 12.1 Å². The minimum atomic E-state index is -4.66. The van der Waals surface area contributed by atoms with Crippen LogP contribution in [0, 0.1) is 0 Å². The highest BCUT2D eigenvalue weighted by molar-refractivity contribution is 5.36. The SMILES string of the molecule is COC(C)(C)CN[C@@H](c1ccc(C(F)(F)F)cc1)c1ncccc1C(F)(F)F. The van der Waals surface area contributed by atoms with Crippen molar-refractivity contribution in [2.45, 2.75) is 37.8 Å². The topological polar surface area (TPSA) is 34.1 Å². The van der Waals surface area contributed by atoms with Crippen molar-refractivity contribution in [3.05, 3.63) is 65.0 Å². The summed E-state index contributed by atoms with van der Waals surface area (Å²) < 4.78 is 84.1. The summed E-state index contributed by atoms with van der Waals surface area (Å²) in [4.78, 5) is 3.87. The van der Waals surface area contributed by atoms with Gasteiger partial charge in [0.05, 0.1) is 28.5 Å². The molecule has 0 unspecified atom stereocenters. The normalized spacial score (nSPS) is 14.2. The number of hydrogen-bond acceptors (Lipinski definition) is 3. The Balaban J connectivity index is 2.50. The lowest BCUT2D eigenvalue weighted by Crippen LogP contribution is -2.39. The van der Waals surface area contributed by atoms with E-state index in [0.717, 1.165) is 36.4 Å². The molecule has 3 nitrogen and oxygen atoms in total. The number of aromatic nitrogens is 1. The molecule has 0 spiro atoms. The molecule has 1 aromatic heterocycles. The zero-order valence-corrected chi connectivity index (χ0v) is 15.4. The summed E-state index contributed by atoms with van der Waals surface area (Å²) in [5.74, 6) is 0. The second kappa shape index (κ2) is 8.08. The Morgan fingerprint density at radius 3 is 2.07 bits per heavy atom. The third kappa shape index (κ3) is 5.45. The van der Waals surface area contributed by atoms with E-state index in [9.17, 15) is 26.3 Å². The zero-order valence-electron chi connectivity index (χ0n) is 15.4. The summed E-state index contributed by atoms with van der Waals surface area (Å²) in [5.41, 5.74) is -2.64. The summed E-state index contributed by atoms with van der Waals surface area (Å²) in [6, 6.07) is 4.94. The molecule has 1 aromatic carbocycles. The average molecular weight is 406 g/mol. The Kier molecular flexibility index (Phi) is 6.40. The van der Waals surface area contributed by atoms with Crippen LogP contribution < -0.4 is 5.32 Å². The molecule has 0 saturated carbocycles. The maximum atomic E-state index is 13.4. The molecule has 0 aliphatic carbocycles. The summed E-state index contributed by atoms with van der Waals surface area (Å²) >= 11 is 0. The van der Waals surface area contributed by atoms with E-state index in [1.165, 1.54) is 13.3 Å². The second-order valence-electron chi connectivity index (χ2n) is 6.83. The highest BCUT2D eigenvalue weighted by Crippen LogP contribution is 2.36. The van der Waals surface area contributed by atoms with E-state index >= 15 is 0 Å². The summed E-state index contributed by atoms with van der Waals surface area (Å²) in [6.07, 6.45) is -7.99. The van der Waals surface area contributed by atoms with Gasteiger partial charge in [0, 0.05) is 19.9 Å². The Morgan fingerprint density at radius 1 is 0.964 bits per heavy atom. The van der Waals surface area contributed by atoms with E-state index in [1.54, 1.807) is 13.8 Å². The molecule has 2 rings (SSSR count). The molecule has 9 heteroatoms. The molecule has 0 aliphatic rings. The van der Waals surface area contributed by atoms with Gasteiger partial charge in [-0.25, -0.2) is 0 Å². The molecular weight excluding hydrogens is 386 g/mol. The van der Waals surface area contributed by atoms with Crippen molar-refractivity contribution in [2.75, 3.05) is 13.7 Å². The van der Waals surface area contributed by atoms with Gasteiger partial charge in [-0.05, 0) is 43.7 Å². The Bertz CT molecular complexity index is 784. The van der Waals surface area contributed by atoms with Gasteiger partial charge in [0.15, 0.2) is 0 Å². The minimum absolute atomic E-state index is 0.142. The Hall–Kier alpha value is -2.13. The lowest BCUT2D eigenvalue weighted by Gasteiger charge is -2.28. The van der Waals surface area contributed by atoms with Gasteiger partial charge < -0.3 is 10.1 Å². The number of nitrogens with one attached hydrogen (secondary N) is 1. The average Bonchev–Trinajstić information content (AvgIpc) is 2.61. The number of alkyl halides is 6. The van der Waals surface area contributed by atoms with Crippen molar-refractivity contribution in [3.63, 3.8) is 0 Å². The van der Waals surface area contributed by atoms with E-state index in [4.69, 9.17) is 4.74 Å². The predicted molar refractivity (Wildman–Crippen MR) is 91.6 cm³/mol. The van der Waals surface area contributed by atoms with Crippen LogP contribution in [0.15, 0.2) is 42.6 Å². The van der Waals surface area contributed by atoms with Gasteiger partial charge >= 0.3 is 12.4 Å². The largest absolute Gasteiger partial charge is 0.418 e. The van der Waals surface area contributed by atoms with Crippen molar-refractivity contribution in [1.29, 1.82) is 0 Å². The van der Waals surface area contributed by atoms with E-state index in [-0.39, 0.29) is 17.8 Å². The smallest absolute Gasteiger partial charge is 0.377 e. The highest BCUT2D eigenvalue weighted by atomic mass is 19.4. The van der Waals surface area contributed by atoms with Crippen LogP contribution in [-0.4, -0.2) is 24.2 Å². The predicted octanol–water partition coefficient (Wildman–Crippen LogP) is 5.22. The van der Waals surface area contributed by atoms with E-state index in [2.05, 4.69) is 10.3 Å². The summed E-state index contributed by atoms with van der Waals surface area (Å²) in [7, 11) is 1.46. The number of hydrogen-bond donors (Lipinski definition) is 1. The van der Waals surface area contributed by atoms with Crippen molar-refractivity contribution < 1.29 is 31.1 Å². The number of benzene rings is 1. The fourth-order valence-electron chi connectivity index (χ4n) is 2.54. The van der Waals surface area contributed by atoms with Crippen LogP contribution in [0.3, 0.4) is 0 Å². The number of pyridine rings is 1. The van der Waals surface area contributed by atoms with Crippen molar-refractivity contribution >= 4 is 0 Å². The fourth-order valence-corrected chi connectivity index (χ4v) is 2.54. The molecule has 0 amide bonds. The van der Waals surface area contributed by atoms with E-state index < -0.39 is 35.1 Å². The van der Waals surface area contributed by atoms with E-state index in [1.807, 2.05) is 0 Å². The summed E-state index contributed by atoms with van der Waals surface area (Å²) in [5, 5.41) is 2.95. The number of nitrogens with zero attached hydrogens (tertiary/aromatic N) is 1. The molecule has 0 radical (unpaired) electrons. The van der Waals surface area contributed by atoms with Crippen LogP contribution in [0.25, 0.3) is 0 Å². The second-order valence-corrected chi connectivity index (χ2v) is 6.83. The maximum Gasteiger partial charge on any atom is 0.418 e. The molecule has 1 atom stereocenters. The standard InChI is InChI=1S/C19H20F6N2O/c1-17(2,28-3)11-27-15(12-6-8-13(9-7-12)18(20,21)22)16-14(19(23,24)25)5-4-10-26-16/h4-10,15,27H,11H2,1-3H3/t15-/m0/s1. The number of methoxy groups -OCH3 is 1. The molecule has 1 N–H and O–H groups in total. The first-order chi connectivity index (χ1) is 12.8. The van der Waals surface area contributed by atoms with Gasteiger partial charge in [-0.2, -0.15) is 26.3 Å². The van der Waals surface area contributed by atoms with Gasteiger partial charge in [-0.15, -0.1) is 0 Å². The van der Waals surface area contributed by atoms with Gasteiger partial charge in [-0.3, -0.25) is 4.98 Å². The first kappa shape index (κ1) is 22.2. The van der Waals surface area contributed by atoms with Crippen LogP contribution in [0.2, 0.25) is 0 Å². The van der Waals surface area contributed by atoms with Crippen molar-refractivity contribution in [1.82, 2.24) is 10.3 Å². The number of rotatable bonds is 6. The third-order valence-electron chi connectivity index (χ3n) is 4.27. The zero-order chi connectivity index (χ0) is 21.2. The Morgan fingerprint density at radius 2 is 1.57 bits per heavy atom. The number of ether oxygens (including phenoxy) is 1. The van der Waals surface area contributed by atoms with Gasteiger partial charge in [0.1, 0.15) is 0 Å². The van der Waals surface area contributed by atoms with E-state index in [0.29, 0.717) is 0 Å². The molecule has 28 heavy (non-hydrogen) atoms. The lowest BCUT2D eigenvalue weighted by molar-refractivity contribution is -0.139. The monoisotopic (exact) mass is 406 g/mol. The maximum absolute atomic E-state index is 13.4. The highest BCUT2D eigenvalue weighted by Gasteiger charge is 2.37. The lowest BCUT2D eigenvalue weighted by atomic mass is 9.97. The van der Waals surface area contributed by atoms with Crippen LogP contribution in [0.5, 0.6) is 0 Å². The first-order valence-corrected chi connectivity index (χ1v) is 8.33. The fraction of sp³-hybridized carbons (Fsp3) is 0.421. The Labute approximate surface area is 158 Å². The molecule has 0 saturated heterocycles. The molecule has 154 valence electrons. The molecule has 0 aliphatic heterocycles.